The number of aromatic nitrogens is 1. The third-order valence-corrected chi connectivity index (χ3v) is 5.06. The van der Waals surface area contributed by atoms with Crippen LogP contribution in [0.15, 0.2) is 30.3 Å². The van der Waals surface area contributed by atoms with E-state index in [0.717, 1.165) is 32.4 Å². The van der Waals surface area contributed by atoms with Crippen LogP contribution in [-0.2, 0) is 0 Å². The van der Waals surface area contributed by atoms with E-state index >= 15 is 0 Å². The zero-order valence-corrected chi connectivity index (χ0v) is 13.0. The van der Waals surface area contributed by atoms with E-state index in [1.165, 1.54) is 12.5 Å². The first-order valence-electron chi connectivity index (χ1n) is 8.32. The smallest absolute Gasteiger partial charge is 0.270 e. The third-order valence-electron chi connectivity index (χ3n) is 5.06. The van der Waals surface area contributed by atoms with Crippen LogP contribution in [0.3, 0.4) is 0 Å². The van der Waals surface area contributed by atoms with Crippen molar-refractivity contribution in [1.82, 2.24) is 15.2 Å². The highest BCUT2D eigenvalue weighted by Crippen LogP contribution is 2.27. The van der Waals surface area contributed by atoms with Crippen LogP contribution in [0.4, 0.5) is 4.39 Å². The van der Waals surface area contributed by atoms with Crippen molar-refractivity contribution < 1.29 is 9.18 Å². The van der Waals surface area contributed by atoms with Crippen LogP contribution in [0, 0.1) is 5.82 Å². The van der Waals surface area contributed by atoms with Gasteiger partial charge in [0, 0.05) is 17.5 Å². The summed E-state index contributed by atoms with van der Waals surface area (Å²) in [6.07, 6.45) is 4.47. The van der Waals surface area contributed by atoms with Gasteiger partial charge in [0.1, 0.15) is 17.0 Å². The molecule has 2 aromatic rings. The summed E-state index contributed by atoms with van der Waals surface area (Å²) in [7, 11) is 0. The largest absolute Gasteiger partial charge is 0.346 e. The number of carbonyl (C=O) groups is 1. The number of nitrogens with zero attached hydrogens (tertiary/aromatic N) is 2. The molecule has 3 heterocycles. The van der Waals surface area contributed by atoms with Crippen LogP contribution in [0.2, 0.25) is 0 Å². The van der Waals surface area contributed by atoms with E-state index in [1.807, 2.05) is 0 Å². The van der Waals surface area contributed by atoms with Crippen LogP contribution < -0.4 is 5.32 Å². The number of hydrogen-bond acceptors (Lipinski definition) is 3. The van der Waals surface area contributed by atoms with Gasteiger partial charge in [-0.1, -0.05) is 18.2 Å². The van der Waals surface area contributed by atoms with Gasteiger partial charge in [-0.05, 0) is 50.9 Å². The Hall–Kier alpha value is -2.01. The molecule has 1 aromatic heterocycles. The van der Waals surface area contributed by atoms with Crippen LogP contribution in [0.1, 0.15) is 36.2 Å². The van der Waals surface area contributed by atoms with Gasteiger partial charge in [-0.3, -0.25) is 9.69 Å². The highest BCUT2D eigenvalue weighted by molar-refractivity contribution is 5.95. The summed E-state index contributed by atoms with van der Waals surface area (Å²) in [5, 5.41) is 3.83. The maximum absolute atomic E-state index is 13.9. The van der Waals surface area contributed by atoms with Crippen LogP contribution in [0.25, 0.3) is 10.9 Å². The van der Waals surface area contributed by atoms with Gasteiger partial charge in [-0.25, -0.2) is 9.37 Å². The predicted octanol–water partition coefficient (Wildman–Crippen LogP) is 2.73. The zero-order valence-electron chi connectivity index (χ0n) is 13.0. The van der Waals surface area contributed by atoms with Crippen molar-refractivity contribution in [3.8, 4) is 0 Å². The van der Waals surface area contributed by atoms with E-state index in [1.54, 1.807) is 24.3 Å². The fourth-order valence-corrected chi connectivity index (χ4v) is 3.94. The second-order valence-electron chi connectivity index (χ2n) is 6.48. The number of nitrogens with one attached hydrogen (secondary N) is 1. The number of hydrogen-bond donors (Lipinski definition) is 1. The van der Waals surface area contributed by atoms with Crippen molar-refractivity contribution >= 4 is 16.8 Å². The lowest BCUT2D eigenvalue weighted by Crippen LogP contribution is -2.52. The molecular formula is C18H20FN3O. The first-order chi connectivity index (χ1) is 11.2. The molecule has 2 saturated heterocycles. The number of rotatable bonds is 2. The normalized spacial score (nSPS) is 24.6. The Bertz CT molecular complexity index is 748. The monoisotopic (exact) mass is 313 g/mol. The van der Waals surface area contributed by atoms with Gasteiger partial charge in [0.05, 0.1) is 0 Å². The number of amides is 1. The summed E-state index contributed by atoms with van der Waals surface area (Å²) in [6, 6.07) is 8.87. The molecule has 4 rings (SSSR count). The van der Waals surface area contributed by atoms with Crippen molar-refractivity contribution in [3.63, 3.8) is 0 Å². The third kappa shape index (κ3) is 2.70. The summed E-state index contributed by atoms with van der Waals surface area (Å²) in [5.41, 5.74) is 0.545. The summed E-state index contributed by atoms with van der Waals surface area (Å²) in [6.45, 7) is 2.27. The quantitative estimate of drug-likeness (QED) is 0.927. The van der Waals surface area contributed by atoms with E-state index in [9.17, 15) is 9.18 Å². The fourth-order valence-electron chi connectivity index (χ4n) is 3.94. The van der Waals surface area contributed by atoms with E-state index in [4.69, 9.17) is 0 Å². The maximum atomic E-state index is 13.9. The van der Waals surface area contributed by atoms with Gasteiger partial charge in [0.25, 0.3) is 5.91 Å². The van der Waals surface area contributed by atoms with Gasteiger partial charge < -0.3 is 5.32 Å². The van der Waals surface area contributed by atoms with Crippen molar-refractivity contribution in [3.05, 3.63) is 41.8 Å². The minimum atomic E-state index is -0.392. The van der Waals surface area contributed by atoms with Crippen LogP contribution >= 0.6 is 0 Å². The maximum Gasteiger partial charge on any atom is 0.270 e. The van der Waals surface area contributed by atoms with E-state index < -0.39 is 5.82 Å². The fraction of sp³-hybridized carbons (Fsp3) is 0.444. The number of benzene rings is 1. The molecule has 1 N–H and O–H groups in total. The molecular weight excluding hydrogens is 293 g/mol. The van der Waals surface area contributed by atoms with Crippen molar-refractivity contribution in [2.24, 2.45) is 0 Å². The molecule has 120 valence electrons. The Morgan fingerprint density at radius 1 is 1.17 bits per heavy atom. The standard InChI is InChI=1S/C18H20FN3O/c19-13-5-1-4-12-8-9-15(20-17(12)13)18(23)21-14-6-2-10-22-11-3-7-16(14)22/h1,4-5,8-9,14,16H,2-3,6-7,10-11H2,(H,21,23)/t14-,16-/m0/s1. The molecule has 2 atom stereocenters. The number of carbonyl (C=O) groups excluding carboxylic acids is 1. The van der Waals surface area contributed by atoms with Gasteiger partial charge in [-0.2, -0.15) is 0 Å². The number of para-hydroxylation sites is 1. The zero-order chi connectivity index (χ0) is 15.8. The first-order valence-corrected chi connectivity index (χ1v) is 8.32. The molecule has 1 aromatic carbocycles. The van der Waals surface area contributed by atoms with Gasteiger partial charge >= 0.3 is 0 Å². The highest BCUT2D eigenvalue weighted by atomic mass is 19.1. The Balaban J connectivity index is 1.56. The average molecular weight is 313 g/mol. The van der Waals surface area contributed by atoms with Crippen molar-refractivity contribution in [2.45, 2.75) is 37.8 Å². The molecule has 1 amide bonds. The van der Waals surface area contributed by atoms with E-state index in [0.29, 0.717) is 11.4 Å². The molecule has 0 spiro atoms. The van der Waals surface area contributed by atoms with Gasteiger partial charge in [0.2, 0.25) is 0 Å². The molecule has 0 unspecified atom stereocenters. The van der Waals surface area contributed by atoms with Crippen LogP contribution in [0.5, 0.6) is 0 Å². The number of pyridine rings is 1. The molecule has 0 saturated carbocycles. The molecule has 0 aliphatic carbocycles. The lowest BCUT2D eigenvalue weighted by Gasteiger charge is -2.36. The Kier molecular flexibility index (Phi) is 3.73. The topological polar surface area (TPSA) is 45.2 Å². The first kappa shape index (κ1) is 14.6. The Labute approximate surface area is 134 Å². The molecule has 2 fully saturated rings. The SMILES string of the molecule is O=C(N[C@H]1CCCN2CCC[C@@H]12)c1ccc2cccc(F)c2n1. The molecule has 0 bridgehead atoms. The predicted molar refractivity (Wildman–Crippen MR) is 86.8 cm³/mol. The second-order valence-corrected chi connectivity index (χ2v) is 6.48. The number of piperidine rings is 1. The van der Waals surface area contributed by atoms with E-state index in [2.05, 4.69) is 15.2 Å². The molecule has 0 radical (unpaired) electrons. The lowest BCUT2D eigenvalue weighted by atomic mass is 9.96. The molecule has 2 aliphatic heterocycles. The van der Waals surface area contributed by atoms with Gasteiger partial charge in [0.15, 0.2) is 0 Å². The van der Waals surface area contributed by atoms with Gasteiger partial charge in [-0.15, -0.1) is 0 Å². The minimum Gasteiger partial charge on any atom is -0.346 e. The molecule has 2 aliphatic rings. The molecule has 5 heteroatoms. The highest BCUT2D eigenvalue weighted by Gasteiger charge is 2.35. The minimum absolute atomic E-state index is 0.178. The van der Waals surface area contributed by atoms with Crippen LogP contribution in [-0.4, -0.2) is 41.0 Å². The summed E-state index contributed by atoms with van der Waals surface area (Å²) in [4.78, 5) is 19.2. The summed E-state index contributed by atoms with van der Waals surface area (Å²) >= 11 is 0. The number of fused-ring (bicyclic) bond motifs is 2. The summed E-state index contributed by atoms with van der Waals surface area (Å²) in [5.74, 6) is -0.592. The van der Waals surface area contributed by atoms with Crippen molar-refractivity contribution in [1.29, 1.82) is 0 Å². The summed E-state index contributed by atoms with van der Waals surface area (Å²) < 4.78 is 13.9. The molecule has 4 nitrogen and oxygen atoms in total. The second kappa shape index (κ2) is 5.89. The van der Waals surface area contributed by atoms with Crippen molar-refractivity contribution in [2.75, 3.05) is 13.1 Å². The Morgan fingerprint density at radius 3 is 2.87 bits per heavy atom. The van der Waals surface area contributed by atoms with E-state index in [-0.39, 0.29) is 23.2 Å². The lowest BCUT2D eigenvalue weighted by molar-refractivity contribution is 0.0863. The molecule has 23 heavy (non-hydrogen) atoms. The number of halogens is 1. The average Bonchev–Trinajstić information content (AvgIpc) is 3.04. The Morgan fingerprint density at radius 2 is 2.00 bits per heavy atom.